The molecule has 0 amide bonds. The molecule has 0 aliphatic rings. The van der Waals surface area contributed by atoms with Crippen molar-refractivity contribution in [2.75, 3.05) is 0 Å². The Bertz CT molecular complexity index is 1830. The normalized spacial score (nSPS) is 11.3. The Kier molecular flexibility index (Phi) is 5.51. The summed E-state index contributed by atoms with van der Waals surface area (Å²) in [5.41, 5.74) is -6.60. The van der Waals surface area contributed by atoms with E-state index in [4.69, 9.17) is 0 Å². The highest BCUT2D eigenvalue weighted by molar-refractivity contribution is 5.98. The van der Waals surface area contributed by atoms with Crippen LogP contribution in [0.3, 0.4) is 0 Å². The Morgan fingerprint density at radius 2 is 0.842 bits per heavy atom. The van der Waals surface area contributed by atoms with Crippen LogP contribution in [0.4, 0.5) is 17.6 Å². The fraction of sp³-hybridized carbons (Fsp3) is 0. The molecule has 14 heteroatoms. The number of carbonyl (C=O) groups excluding carboxylic acids is 2. The van der Waals surface area contributed by atoms with Gasteiger partial charge in [0.1, 0.15) is 23.3 Å². The maximum Gasteiger partial charge on any atom is 0.366 e. The molecule has 0 aliphatic heterocycles. The second kappa shape index (κ2) is 8.62. The lowest BCUT2D eigenvalue weighted by atomic mass is 10.1. The van der Waals surface area contributed by atoms with E-state index in [1.807, 2.05) is 0 Å². The van der Waals surface area contributed by atoms with Crippen molar-refractivity contribution in [3.8, 4) is 0 Å². The minimum absolute atomic E-state index is 0.0327. The van der Waals surface area contributed by atoms with Crippen LogP contribution >= 0.6 is 0 Å². The number of aromatic nitrogens is 2. The van der Waals surface area contributed by atoms with Gasteiger partial charge in [0.15, 0.2) is 0 Å². The van der Waals surface area contributed by atoms with Gasteiger partial charge >= 0.3 is 11.9 Å². The van der Waals surface area contributed by atoms with E-state index in [0.29, 0.717) is 12.1 Å². The summed E-state index contributed by atoms with van der Waals surface area (Å²) in [5.74, 6) is -7.66. The first-order chi connectivity index (χ1) is 18.0. The summed E-state index contributed by atoms with van der Waals surface area (Å²) in [5, 5.41) is -1.94. The number of hydrogen-bond acceptors (Lipinski definition) is 8. The van der Waals surface area contributed by atoms with E-state index >= 15 is 0 Å². The molecule has 2 aromatic heterocycles. The minimum Gasteiger partial charge on any atom is -0.324 e. The van der Waals surface area contributed by atoms with Gasteiger partial charge in [-0.15, -0.1) is 0 Å². The molecular weight excluding hydrogens is 520 g/mol. The summed E-state index contributed by atoms with van der Waals surface area (Å²) in [4.78, 5) is 84.7. The van der Waals surface area contributed by atoms with Crippen molar-refractivity contribution in [1.29, 1.82) is 0 Å². The Balaban J connectivity index is 1.56. The molecule has 0 atom stereocenters. The maximum atomic E-state index is 13.9. The quantitative estimate of drug-likeness (QED) is 0.316. The average molecular weight is 528 g/mol. The molecule has 0 bridgehead atoms. The number of benzene rings is 3. The van der Waals surface area contributed by atoms with E-state index in [2.05, 4.69) is 9.68 Å². The molecule has 0 saturated heterocycles. The molecule has 0 spiro atoms. The number of carbonyl (C=O) groups is 2. The van der Waals surface area contributed by atoms with E-state index in [1.165, 1.54) is 0 Å². The van der Waals surface area contributed by atoms with Crippen molar-refractivity contribution in [2.45, 2.75) is 0 Å². The fourth-order valence-electron chi connectivity index (χ4n) is 3.67. The fourth-order valence-corrected chi connectivity index (χ4v) is 3.67. The van der Waals surface area contributed by atoms with Crippen molar-refractivity contribution in [3.05, 3.63) is 124 Å². The van der Waals surface area contributed by atoms with Crippen LogP contribution in [0.25, 0.3) is 21.5 Å². The van der Waals surface area contributed by atoms with Crippen molar-refractivity contribution in [1.82, 2.24) is 9.46 Å². The summed E-state index contributed by atoms with van der Waals surface area (Å²) in [6.45, 7) is 0. The molecule has 38 heavy (non-hydrogen) atoms. The predicted molar refractivity (Wildman–Crippen MR) is 119 cm³/mol. The lowest BCUT2D eigenvalue weighted by molar-refractivity contribution is 0.0421. The third-order valence-electron chi connectivity index (χ3n) is 5.47. The van der Waals surface area contributed by atoms with Gasteiger partial charge in [0.2, 0.25) is 0 Å². The summed E-state index contributed by atoms with van der Waals surface area (Å²) in [7, 11) is 0. The van der Waals surface area contributed by atoms with Crippen molar-refractivity contribution < 1.29 is 36.8 Å². The smallest absolute Gasteiger partial charge is 0.324 e. The third-order valence-corrected chi connectivity index (χ3v) is 5.47. The summed E-state index contributed by atoms with van der Waals surface area (Å²) in [6, 6.07) is 5.32. The van der Waals surface area contributed by atoms with Crippen LogP contribution in [0, 0.1) is 23.3 Å². The second-order valence-corrected chi connectivity index (χ2v) is 7.76. The molecule has 0 unspecified atom stereocenters. The molecule has 0 saturated carbocycles. The highest BCUT2D eigenvalue weighted by Crippen LogP contribution is 2.15. The number of fused-ring (bicyclic) bond motifs is 2. The van der Waals surface area contributed by atoms with Gasteiger partial charge in [-0.1, -0.05) is 9.46 Å². The van der Waals surface area contributed by atoms with Crippen molar-refractivity contribution >= 4 is 33.5 Å². The highest BCUT2D eigenvalue weighted by Gasteiger charge is 2.25. The monoisotopic (exact) mass is 528 g/mol. The van der Waals surface area contributed by atoms with Crippen molar-refractivity contribution in [3.63, 3.8) is 0 Å². The minimum atomic E-state index is -1.51. The summed E-state index contributed by atoms with van der Waals surface area (Å²) >= 11 is 0. The molecule has 0 N–H and O–H groups in total. The summed E-state index contributed by atoms with van der Waals surface area (Å²) < 4.78 is 53.8. The summed E-state index contributed by atoms with van der Waals surface area (Å²) in [6.07, 6.45) is 0. The largest absolute Gasteiger partial charge is 0.366 e. The number of nitrogens with zero attached hydrogens (tertiary/aromatic N) is 2. The van der Waals surface area contributed by atoms with Crippen LogP contribution < -0.4 is 31.9 Å². The lowest BCUT2D eigenvalue weighted by Gasteiger charge is -2.03. The Morgan fingerprint density at radius 3 is 1.13 bits per heavy atom. The first-order valence-corrected chi connectivity index (χ1v) is 10.3. The molecule has 0 aliphatic carbocycles. The molecule has 190 valence electrons. The van der Waals surface area contributed by atoms with E-state index in [1.54, 1.807) is 0 Å². The predicted octanol–water partition coefficient (Wildman–Crippen LogP) is 1.01. The molecule has 2 heterocycles. The Morgan fingerprint density at radius 1 is 0.526 bits per heavy atom. The standard InChI is InChI=1S/C24H8F4N2O8/c25-9-1-3-11(17(27)5-9)23(35)37-29-19(31)13-7-15-16(8-14(13)20(29)32)22(34)30(21(15)33)38-24(36)12-4-2-10(26)6-18(12)28/h1-8H. The molecule has 10 nitrogen and oxygen atoms in total. The zero-order chi connectivity index (χ0) is 27.5. The van der Waals surface area contributed by atoms with Gasteiger partial charge in [0.25, 0.3) is 22.2 Å². The van der Waals surface area contributed by atoms with E-state index in [9.17, 15) is 46.3 Å². The molecule has 0 fully saturated rings. The van der Waals surface area contributed by atoms with Gasteiger partial charge in [-0.05, 0) is 36.4 Å². The van der Waals surface area contributed by atoms with Crippen LogP contribution in [0.1, 0.15) is 20.7 Å². The Labute approximate surface area is 204 Å². The van der Waals surface area contributed by atoms with Crippen molar-refractivity contribution in [2.24, 2.45) is 0 Å². The van der Waals surface area contributed by atoms with Crippen LogP contribution in [0.5, 0.6) is 0 Å². The van der Waals surface area contributed by atoms with Gasteiger partial charge in [-0.3, -0.25) is 19.2 Å². The van der Waals surface area contributed by atoms with Gasteiger partial charge in [-0.2, -0.15) is 0 Å². The van der Waals surface area contributed by atoms with Gasteiger partial charge < -0.3 is 9.68 Å². The molecule has 5 aromatic rings. The van der Waals surface area contributed by atoms with Crippen LogP contribution in [-0.2, 0) is 0 Å². The second-order valence-electron chi connectivity index (χ2n) is 7.76. The lowest BCUT2D eigenvalue weighted by Crippen LogP contribution is -2.36. The van der Waals surface area contributed by atoms with Gasteiger partial charge in [0, 0.05) is 12.1 Å². The number of rotatable bonds is 4. The first kappa shape index (κ1) is 24.3. The average Bonchev–Trinajstić information content (AvgIpc) is 3.22. The highest BCUT2D eigenvalue weighted by atomic mass is 19.1. The van der Waals surface area contributed by atoms with E-state index < -0.39 is 90.1 Å². The van der Waals surface area contributed by atoms with E-state index in [-0.39, 0.29) is 9.46 Å². The Hall–Kier alpha value is -5.40. The van der Waals surface area contributed by atoms with Gasteiger partial charge in [-0.25, -0.2) is 27.2 Å². The number of halogens is 4. The van der Waals surface area contributed by atoms with E-state index in [0.717, 1.165) is 36.4 Å². The zero-order valence-corrected chi connectivity index (χ0v) is 18.3. The van der Waals surface area contributed by atoms with Crippen LogP contribution in [0.2, 0.25) is 0 Å². The SMILES string of the molecule is O=C(On1c(=O)c2cc3c(=O)n(OC(=O)c4ccc(F)cc4F)c(=O)c3cc2c1=O)c1ccc(F)cc1F. The first-order valence-electron chi connectivity index (χ1n) is 10.3. The molecule has 5 rings (SSSR count). The zero-order valence-electron chi connectivity index (χ0n) is 18.3. The van der Waals surface area contributed by atoms with Crippen LogP contribution in [0.15, 0.2) is 67.7 Å². The molecular formula is C24H8F4N2O8. The third kappa shape index (κ3) is 3.75. The number of hydrogen-bond donors (Lipinski definition) is 0. The van der Waals surface area contributed by atoms with Crippen LogP contribution in [-0.4, -0.2) is 21.4 Å². The molecule has 0 radical (unpaired) electrons. The maximum absolute atomic E-state index is 13.9. The molecule has 3 aromatic carbocycles. The topological polar surface area (TPSA) is 131 Å². The van der Waals surface area contributed by atoms with Gasteiger partial charge in [0.05, 0.1) is 32.7 Å².